The fourth-order valence-electron chi connectivity index (χ4n) is 1.24. The maximum Gasteiger partial charge on any atom is 0.185 e. The van der Waals surface area contributed by atoms with Crippen molar-refractivity contribution in [2.75, 3.05) is 14.2 Å². The van der Waals surface area contributed by atoms with Crippen molar-refractivity contribution in [3.8, 4) is 11.5 Å². The Morgan fingerprint density at radius 1 is 1.20 bits per heavy atom. The third-order valence-corrected chi connectivity index (χ3v) is 1.99. The zero-order chi connectivity index (χ0) is 11.3. The Morgan fingerprint density at radius 2 is 1.87 bits per heavy atom. The van der Waals surface area contributed by atoms with Crippen LogP contribution < -0.4 is 9.47 Å². The quantitative estimate of drug-likeness (QED) is 0.560. The second kappa shape index (κ2) is 5.20. The van der Waals surface area contributed by atoms with Gasteiger partial charge < -0.3 is 9.47 Å². The highest BCUT2D eigenvalue weighted by atomic mass is 16.5. The average molecular weight is 206 g/mol. The zero-order valence-electron chi connectivity index (χ0n) is 9.11. The first kappa shape index (κ1) is 11.3. The molecule has 0 heterocycles. The molecule has 0 radical (unpaired) electrons. The van der Waals surface area contributed by atoms with E-state index in [9.17, 15) is 4.79 Å². The van der Waals surface area contributed by atoms with Crippen molar-refractivity contribution in [2.24, 2.45) is 0 Å². The fourth-order valence-corrected chi connectivity index (χ4v) is 1.24. The number of rotatable bonds is 4. The second-order valence-corrected chi connectivity index (χ2v) is 2.93. The van der Waals surface area contributed by atoms with Gasteiger partial charge in [0.1, 0.15) is 0 Å². The zero-order valence-corrected chi connectivity index (χ0v) is 9.11. The van der Waals surface area contributed by atoms with Crippen molar-refractivity contribution in [1.82, 2.24) is 0 Å². The van der Waals surface area contributed by atoms with Crippen molar-refractivity contribution in [3.05, 3.63) is 35.9 Å². The van der Waals surface area contributed by atoms with Crippen molar-refractivity contribution in [2.45, 2.75) is 6.92 Å². The molecule has 3 heteroatoms. The molecule has 0 aliphatic heterocycles. The van der Waals surface area contributed by atoms with Gasteiger partial charge in [0.2, 0.25) is 0 Å². The summed E-state index contributed by atoms with van der Waals surface area (Å²) in [5.74, 6) is 1.14. The second-order valence-electron chi connectivity index (χ2n) is 2.93. The van der Waals surface area contributed by atoms with Gasteiger partial charge in [-0.15, -0.1) is 0 Å². The highest BCUT2D eigenvalue weighted by Crippen LogP contribution is 2.27. The lowest BCUT2D eigenvalue weighted by Gasteiger charge is -2.07. The largest absolute Gasteiger partial charge is 0.493 e. The van der Waals surface area contributed by atoms with Gasteiger partial charge in [0.05, 0.1) is 14.2 Å². The van der Waals surface area contributed by atoms with E-state index in [1.165, 1.54) is 6.08 Å². The van der Waals surface area contributed by atoms with Gasteiger partial charge in [0.15, 0.2) is 17.3 Å². The Bertz CT molecular complexity index is 380. The van der Waals surface area contributed by atoms with Crippen molar-refractivity contribution >= 4 is 5.78 Å². The van der Waals surface area contributed by atoms with Gasteiger partial charge >= 0.3 is 0 Å². The molecule has 0 aliphatic carbocycles. The van der Waals surface area contributed by atoms with Crippen LogP contribution in [0.2, 0.25) is 0 Å². The highest BCUT2D eigenvalue weighted by Gasteiger charge is 2.07. The monoisotopic (exact) mass is 206 g/mol. The van der Waals surface area contributed by atoms with Gasteiger partial charge in [-0.25, -0.2) is 0 Å². The van der Waals surface area contributed by atoms with Crippen LogP contribution in [0.15, 0.2) is 30.4 Å². The summed E-state index contributed by atoms with van der Waals surface area (Å²) in [4.78, 5) is 11.5. The predicted molar refractivity (Wildman–Crippen MR) is 58.7 cm³/mol. The number of methoxy groups -OCH3 is 2. The lowest BCUT2D eigenvalue weighted by Crippen LogP contribution is -1.97. The van der Waals surface area contributed by atoms with Crippen LogP contribution >= 0.6 is 0 Å². The van der Waals surface area contributed by atoms with Gasteiger partial charge in [-0.2, -0.15) is 0 Å². The molecular formula is C12H14O3. The summed E-state index contributed by atoms with van der Waals surface area (Å²) in [7, 11) is 3.10. The molecule has 1 aromatic rings. The van der Waals surface area contributed by atoms with E-state index < -0.39 is 0 Å². The Morgan fingerprint density at radius 3 is 2.40 bits per heavy atom. The van der Waals surface area contributed by atoms with Crippen LogP contribution in [0, 0.1) is 0 Å². The minimum Gasteiger partial charge on any atom is -0.493 e. The fraction of sp³-hybridized carbons (Fsp3) is 0.250. The van der Waals surface area contributed by atoms with E-state index >= 15 is 0 Å². The third-order valence-electron chi connectivity index (χ3n) is 1.99. The maximum atomic E-state index is 11.5. The molecule has 0 unspecified atom stereocenters. The molecule has 3 nitrogen and oxygen atoms in total. The molecule has 0 aliphatic rings. The first-order valence-corrected chi connectivity index (χ1v) is 4.62. The molecule has 0 atom stereocenters. The maximum absolute atomic E-state index is 11.5. The van der Waals surface area contributed by atoms with Crippen molar-refractivity contribution in [1.29, 1.82) is 0 Å². The lowest BCUT2D eigenvalue weighted by molar-refractivity contribution is 0.104. The first-order valence-electron chi connectivity index (χ1n) is 4.62. The number of carbonyl (C=O) groups is 1. The molecule has 0 spiro atoms. The first-order chi connectivity index (χ1) is 7.22. The summed E-state index contributed by atoms with van der Waals surface area (Å²) in [6.07, 6.45) is 3.22. The van der Waals surface area contributed by atoms with Gasteiger partial charge in [-0.1, -0.05) is 6.08 Å². The average Bonchev–Trinajstić information content (AvgIpc) is 2.28. The Labute approximate surface area is 89.3 Å². The van der Waals surface area contributed by atoms with Gasteiger partial charge in [-0.3, -0.25) is 4.79 Å². The van der Waals surface area contributed by atoms with Crippen molar-refractivity contribution in [3.63, 3.8) is 0 Å². The van der Waals surface area contributed by atoms with E-state index in [1.807, 2.05) is 0 Å². The van der Waals surface area contributed by atoms with Crippen LogP contribution in [0.4, 0.5) is 0 Å². The summed E-state index contributed by atoms with van der Waals surface area (Å²) in [5.41, 5.74) is 0.589. The SMILES string of the molecule is C/C=C/C(=O)c1ccc(OC)c(OC)c1. The minimum atomic E-state index is -0.0431. The van der Waals surface area contributed by atoms with E-state index in [1.54, 1.807) is 45.4 Å². The Kier molecular flexibility index (Phi) is 3.92. The normalized spacial score (nSPS) is 10.3. The lowest BCUT2D eigenvalue weighted by atomic mass is 10.1. The van der Waals surface area contributed by atoms with Crippen LogP contribution in [-0.2, 0) is 0 Å². The summed E-state index contributed by atoms with van der Waals surface area (Å²) < 4.78 is 10.2. The molecule has 0 saturated carbocycles. The van der Waals surface area contributed by atoms with E-state index in [2.05, 4.69) is 0 Å². The van der Waals surface area contributed by atoms with Crippen LogP contribution in [-0.4, -0.2) is 20.0 Å². The number of ketones is 1. The molecule has 1 rings (SSSR count). The van der Waals surface area contributed by atoms with Crippen molar-refractivity contribution < 1.29 is 14.3 Å². The minimum absolute atomic E-state index is 0.0431. The Hall–Kier alpha value is -1.77. The topological polar surface area (TPSA) is 35.5 Å². The third kappa shape index (κ3) is 2.59. The summed E-state index contributed by atoms with van der Waals surface area (Å²) >= 11 is 0. The number of hydrogen-bond donors (Lipinski definition) is 0. The Balaban J connectivity index is 3.08. The number of carbonyl (C=O) groups excluding carboxylic acids is 1. The molecular weight excluding hydrogens is 192 g/mol. The van der Waals surface area contributed by atoms with Crippen LogP contribution in [0.3, 0.4) is 0 Å². The number of allylic oxidation sites excluding steroid dienone is 2. The summed E-state index contributed by atoms with van der Waals surface area (Å²) in [6, 6.07) is 5.10. The molecule has 80 valence electrons. The standard InChI is InChI=1S/C12H14O3/c1-4-5-10(13)9-6-7-11(14-2)12(8-9)15-3/h4-8H,1-3H3/b5-4+. The number of benzene rings is 1. The molecule has 0 fully saturated rings. The summed E-state index contributed by atoms with van der Waals surface area (Å²) in [5, 5.41) is 0. The molecule has 1 aromatic carbocycles. The smallest absolute Gasteiger partial charge is 0.185 e. The van der Waals surface area contributed by atoms with Gasteiger partial charge in [0.25, 0.3) is 0 Å². The van der Waals surface area contributed by atoms with E-state index in [0.717, 1.165) is 0 Å². The predicted octanol–water partition coefficient (Wildman–Crippen LogP) is 2.46. The number of hydrogen-bond acceptors (Lipinski definition) is 3. The van der Waals surface area contributed by atoms with Crippen LogP contribution in [0.25, 0.3) is 0 Å². The van der Waals surface area contributed by atoms with Crippen LogP contribution in [0.1, 0.15) is 17.3 Å². The highest BCUT2D eigenvalue weighted by molar-refractivity contribution is 6.04. The van der Waals surface area contributed by atoms with E-state index in [-0.39, 0.29) is 5.78 Å². The molecule has 0 bridgehead atoms. The molecule has 0 aromatic heterocycles. The number of ether oxygens (including phenoxy) is 2. The molecule has 15 heavy (non-hydrogen) atoms. The molecule has 0 N–H and O–H groups in total. The van der Waals surface area contributed by atoms with E-state index in [0.29, 0.717) is 17.1 Å². The van der Waals surface area contributed by atoms with Gasteiger partial charge in [0, 0.05) is 5.56 Å². The molecule has 0 amide bonds. The molecule has 0 saturated heterocycles. The van der Waals surface area contributed by atoms with Crippen LogP contribution in [0.5, 0.6) is 11.5 Å². The summed E-state index contributed by atoms with van der Waals surface area (Å²) in [6.45, 7) is 1.80. The van der Waals surface area contributed by atoms with Gasteiger partial charge in [-0.05, 0) is 31.2 Å². The van der Waals surface area contributed by atoms with E-state index in [4.69, 9.17) is 9.47 Å².